The summed E-state index contributed by atoms with van der Waals surface area (Å²) < 4.78 is 9.27. The van der Waals surface area contributed by atoms with Crippen molar-refractivity contribution in [3.05, 3.63) is 211 Å². The number of aryl methyl sites for hydroxylation is 1. The fraction of sp³-hybridized carbons (Fsp3) is 0.228. The normalized spacial score (nSPS) is 20.9. The fourth-order valence-corrected chi connectivity index (χ4v) is 12.6. The van der Waals surface area contributed by atoms with Gasteiger partial charge in [0.2, 0.25) is 0 Å². The second-order valence-corrected chi connectivity index (χ2v) is 18.0. The summed E-state index contributed by atoms with van der Waals surface area (Å²) >= 11 is 0. The number of nitrogens with zero attached hydrogens (tertiary/aromatic N) is 1. The molecule has 1 spiro atoms. The van der Waals surface area contributed by atoms with Gasteiger partial charge >= 0.3 is 0 Å². The van der Waals surface area contributed by atoms with Gasteiger partial charge in [0, 0.05) is 44.7 Å². The first kappa shape index (κ1) is 35.4. The van der Waals surface area contributed by atoms with E-state index in [-0.39, 0.29) is 11.5 Å². The fourth-order valence-electron chi connectivity index (χ4n) is 12.6. The molecule has 2 unspecified atom stereocenters. The van der Waals surface area contributed by atoms with Crippen molar-refractivity contribution in [3.8, 4) is 0 Å². The van der Waals surface area contributed by atoms with E-state index < -0.39 is 0 Å². The molecule has 2 heterocycles. The van der Waals surface area contributed by atoms with Gasteiger partial charge in [-0.3, -0.25) is 5.32 Å². The molecule has 0 fully saturated rings. The number of para-hydroxylation sites is 2. The molecule has 7 aliphatic carbocycles. The number of furan rings is 1. The summed E-state index contributed by atoms with van der Waals surface area (Å²) in [6.07, 6.45) is 29.8. The van der Waals surface area contributed by atoms with Crippen LogP contribution in [0.1, 0.15) is 118 Å². The third kappa shape index (κ3) is 5.03. The quantitative estimate of drug-likeness (QED) is 0.165. The number of allylic oxidation sites excluding steroid dienone is 11. The van der Waals surface area contributed by atoms with Crippen LogP contribution in [0.5, 0.6) is 0 Å². The van der Waals surface area contributed by atoms with Crippen LogP contribution in [0.25, 0.3) is 40.3 Å². The van der Waals surface area contributed by atoms with Crippen LogP contribution in [0.2, 0.25) is 0 Å². The largest absolute Gasteiger partial charge is 0.456 e. The highest BCUT2D eigenvalue weighted by molar-refractivity contribution is 5.99. The molecule has 7 aliphatic rings. The zero-order chi connectivity index (χ0) is 40.2. The minimum atomic E-state index is -0.145. The van der Waals surface area contributed by atoms with Gasteiger partial charge in [-0.25, -0.2) is 0 Å². The number of hydrogen-bond acceptors (Lipinski definition) is 3. The number of benzene rings is 4. The average molecular weight is 792 g/mol. The van der Waals surface area contributed by atoms with Crippen molar-refractivity contribution in [2.75, 3.05) is 5.73 Å². The topological polar surface area (TPSA) is 56.1 Å². The molecular weight excluding hydrogens is 743 g/mol. The van der Waals surface area contributed by atoms with Crippen molar-refractivity contribution in [2.24, 2.45) is 0 Å². The second kappa shape index (κ2) is 13.6. The summed E-state index contributed by atoms with van der Waals surface area (Å²) in [7, 11) is 0. The maximum Gasteiger partial charge on any atom is 0.140 e. The lowest BCUT2D eigenvalue weighted by atomic mass is 9.65. The number of nitrogens with one attached hydrogen (secondary N) is 1. The van der Waals surface area contributed by atoms with Crippen LogP contribution in [0.3, 0.4) is 0 Å². The van der Waals surface area contributed by atoms with Crippen LogP contribution in [-0.2, 0) is 31.3 Å². The van der Waals surface area contributed by atoms with Crippen molar-refractivity contribution in [2.45, 2.75) is 82.3 Å². The van der Waals surface area contributed by atoms with Gasteiger partial charge < -0.3 is 14.7 Å². The molecule has 2 atom stereocenters. The van der Waals surface area contributed by atoms with Gasteiger partial charge in [0.25, 0.3) is 0 Å². The van der Waals surface area contributed by atoms with Crippen LogP contribution in [0, 0.1) is 0 Å². The molecule has 0 aliphatic heterocycles. The highest BCUT2D eigenvalue weighted by atomic mass is 16.3. The first-order chi connectivity index (χ1) is 30.2. The first-order valence-corrected chi connectivity index (χ1v) is 22.6. The van der Waals surface area contributed by atoms with Gasteiger partial charge in [0.1, 0.15) is 11.3 Å². The molecule has 0 bridgehead atoms. The van der Waals surface area contributed by atoms with Crippen molar-refractivity contribution >= 4 is 46.0 Å². The molecule has 298 valence electrons. The van der Waals surface area contributed by atoms with Gasteiger partial charge in [0.05, 0.1) is 18.1 Å². The van der Waals surface area contributed by atoms with Gasteiger partial charge in [-0.1, -0.05) is 121 Å². The second-order valence-electron chi connectivity index (χ2n) is 18.0. The summed E-state index contributed by atoms with van der Waals surface area (Å²) in [6, 6.07) is 33.4. The summed E-state index contributed by atoms with van der Waals surface area (Å²) in [6.45, 7) is 0.691. The maximum atomic E-state index is 6.78. The molecular formula is C57H49N3O. The van der Waals surface area contributed by atoms with Crippen LogP contribution in [0.4, 0.5) is 5.69 Å². The molecule has 6 aromatic rings. The summed E-state index contributed by atoms with van der Waals surface area (Å²) in [5.74, 6) is 0.991. The monoisotopic (exact) mass is 791 g/mol. The minimum Gasteiger partial charge on any atom is -0.456 e. The maximum absolute atomic E-state index is 6.78. The Hall–Kier alpha value is -6.36. The molecule has 0 amide bonds. The van der Waals surface area contributed by atoms with Crippen LogP contribution >= 0.6 is 0 Å². The van der Waals surface area contributed by atoms with E-state index in [1.807, 2.05) is 12.1 Å². The molecule has 13 rings (SSSR count). The number of hydrogen-bond donors (Lipinski definition) is 2. The SMILES string of the molecule is Nc1ccccc1C(NCn1c2c(c3c1CCC(C1=CC4=C(CC1)C1(C5=C(C=CCC5)c5ccccc51)c1ccccc14)=C3)C=CCC2)c1cccc2c3c(oc12)C=CCC3. The Morgan fingerprint density at radius 2 is 1.30 bits per heavy atom. The van der Waals surface area contributed by atoms with Gasteiger partial charge in [-0.05, 0) is 144 Å². The number of nitrogen functional groups attached to an aromatic ring is 1. The van der Waals surface area contributed by atoms with Crippen molar-refractivity contribution in [3.63, 3.8) is 0 Å². The Balaban J connectivity index is 0.891. The predicted molar refractivity (Wildman–Crippen MR) is 251 cm³/mol. The van der Waals surface area contributed by atoms with Crippen molar-refractivity contribution in [1.82, 2.24) is 9.88 Å². The Labute approximate surface area is 357 Å². The van der Waals surface area contributed by atoms with E-state index in [0.717, 1.165) is 92.4 Å². The molecule has 3 N–H and O–H groups in total. The number of rotatable bonds is 6. The summed E-state index contributed by atoms with van der Waals surface area (Å²) in [5, 5.41) is 5.28. The highest BCUT2D eigenvalue weighted by Gasteiger charge is 2.53. The lowest BCUT2D eigenvalue weighted by Crippen LogP contribution is -2.29. The number of nitrogens with two attached hydrogens (primary N) is 1. The predicted octanol–water partition coefficient (Wildman–Crippen LogP) is 13.0. The standard InChI is InChI=1S/C57H49N3O/c58-51-25-10-4-19-43(51)55(44-21-13-20-42-41-18-6-12-27-54(41)61-56(42)44)59-34-60-52-26-11-5-17-40(52)46-33-36(29-31-53(46)60)35-28-30-50-45(32-35)39-16-3-9-24-49(39)57(50)47-22-7-1-14-37(47)38-15-2-8-23-48(38)57/h1-5,7,9-10,12-17,19-22,24-25,27,32-33,55,59H,6,8,11,18,23,26,28-31,34,58H2. The van der Waals surface area contributed by atoms with E-state index in [4.69, 9.17) is 10.2 Å². The van der Waals surface area contributed by atoms with E-state index in [2.05, 4.69) is 137 Å². The van der Waals surface area contributed by atoms with Gasteiger partial charge in [-0.2, -0.15) is 0 Å². The molecule has 0 saturated carbocycles. The third-order valence-corrected chi connectivity index (χ3v) is 15.1. The van der Waals surface area contributed by atoms with Crippen molar-refractivity contribution in [1.29, 1.82) is 0 Å². The molecule has 4 aromatic carbocycles. The molecule has 61 heavy (non-hydrogen) atoms. The van der Waals surface area contributed by atoms with E-state index in [1.165, 1.54) is 78.0 Å². The number of anilines is 1. The molecule has 4 nitrogen and oxygen atoms in total. The molecule has 0 saturated heterocycles. The van der Waals surface area contributed by atoms with Crippen molar-refractivity contribution < 1.29 is 4.42 Å². The molecule has 2 aromatic heterocycles. The Morgan fingerprint density at radius 1 is 0.607 bits per heavy atom. The number of fused-ring (bicyclic) bond motifs is 14. The zero-order valence-corrected chi connectivity index (χ0v) is 34.6. The Bertz CT molecular complexity index is 3110. The summed E-state index contributed by atoms with van der Waals surface area (Å²) in [4.78, 5) is 0. The first-order valence-electron chi connectivity index (χ1n) is 22.6. The van der Waals surface area contributed by atoms with Gasteiger partial charge in [0.15, 0.2) is 0 Å². The number of aromatic nitrogens is 1. The zero-order valence-electron chi connectivity index (χ0n) is 34.6. The lowest BCUT2D eigenvalue weighted by Gasteiger charge is -2.36. The van der Waals surface area contributed by atoms with E-state index in [1.54, 1.807) is 11.1 Å². The summed E-state index contributed by atoms with van der Waals surface area (Å²) in [5.41, 5.74) is 32.7. The molecule has 0 radical (unpaired) electrons. The van der Waals surface area contributed by atoms with E-state index in [0.29, 0.717) is 6.67 Å². The van der Waals surface area contributed by atoms with Crippen LogP contribution < -0.4 is 11.1 Å². The molecule has 4 heteroatoms. The van der Waals surface area contributed by atoms with Crippen LogP contribution in [0.15, 0.2) is 148 Å². The van der Waals surface area contributed by atoms with E-state index >= 15 is 0 Å². The van der Waals surface area contributed by atoms with Gasteiger partial charge in [-0.15, -0.1) is 0 Å². The van der Waals surface area contributed by atoms with E-state index in [9.17, 15) is 0 Å². The third-order valence-electron chi connectivity index (χ3n) is 15.1. The smallest absolute Gasteiger partial charge is 0.140 e. The lowest BCUT2D eigenvalue weighted by molar-refractivity contribution is 0.481. The van der Waals surface area contributed by atoms with Crippen LogP contribution in [-0.4, -0.2) is 4.57 Å². The average Bonchev–Trinajstić information content (AvgIpc) is 4.03. The highest BCUT2D eigenvalue weighted by Crippen LogP contribution is 2.65. The Kier molecular flexibility index (Phi) is 7.88. The minimum absolute atomic E-state index is 0.139. The Morgan fingerprint density at radius 3 is 2.18 bits per heavy atom.